The Labute approximate surface area is 230 Å². The third-order valence-electron chi connectivity index (χ3n) is 5.68. The van der Waals surface area contributed by atoms with E-state index in [1.165, 1.54) is 33.4 Å². The molecule has 4 heterocycles. The van der Waals surface area contributed by atoms with Crippen molar-refractivity contribution in [2.75, 3.05) is 26.4 Å². The Balaban J connectivity index is 0.000000220. The number of nitrogens with zero attached hydrogens (tertiary/aromatic N) is 4. The minimum atomic E-state index is -0.545. The smallest absolute Gasteiger partial charge is 0.251 e. The van der Waals surface area contributed by atoms with Gasteiger partial charge in [-0.2, -0.15) is 0 Å². The van der Waals surface area contributed by atoms with E-state index in [0.717, 1.165) is 12.4 Å². The number of rotatable bonds is 12. The van der Waals surface area contributed by atoms with Crippen LogP contribution in [0, 0.1) is 11.6 Å². The Bertz CT molecular complexity index is 1380. The van der Waals surface area contributed by atoms with E-state index in [4.69, 9.17) is 18.9 Å². The molecule has 0 amide bonds. The highest BCUT2D eigenvalue weighted by atomic mass is 19.1. The van der Waals surface area contributed by atoms with E-state index >= 15 is 0 Å². The topological polar surface area (TPSA) is 107 Å². The van der Waals surface area contributed by atoms with Crippen LogP contribution in [-0.4, -0.2) is 58.1 Å². The van der Waals surface area contributed by atoms with E-state index in [2.05, 4.69) is 9.97 Å². The lowest BCUT2D eigenvalue weighted by Gasteiger charge is -2.19. The number of halogens is 2. The van der Waals surface area contributed by atoms with Gasteiger partial charge in [-0.3, -0.25) is 19.6 Å². The number of hydrogen-bond acceptors (Lipinski definition) is 8. The first-order chi connectivity index (χ1) is 19.3. The van der Waals surface area contributed by atoms with Gasteiger partial charge in [0.15, 0.2) is 12.6 Å². The number of hydrogen-bond donors (Lipinski definition) is 0. The first-order valence-electron chi connectivity index (χ1n) is 13.1. The van der Waals surface area contributed by atoms with E-state index in [1.807, 2.05) is 27.7 Å². The van der Waals surface area contributed by atoms with Gasteiger partial charge in [-0.05, 0) is 39.8 Å². The molecule has 40 heavy (non-hydrogen) atoms. The quantitative estimate of drug-likeness (QED) is 0.241. The number of fused-ring (bicyclic) bond motifs is 2. The van der Waals surface area contributed by atoms with Gasteiger partial charge in [0.25, 0.3) is 11.1 Å². The number of aromatic nitrogens is 4. The molecule has 0 saturated heterocycles. The van der Waals surface area contributed by atoms with Crippen molar-refractivity contribution >= 4 is 22.1 Å². The number of ether oxygens (including phenoxy) is 4. The summed E-state index contributed by atoms with van der Waals surface area (Å²) in [5, 5.41) is 0. The van der Waals surface area contributed by atoms with Crippen molar-refractivity contribution in [1.82, 2.24) is 19.1 Å². The Morgan fingerprint density at radius 2 is 1.00 bits per heavy atom. The molecule has 0 aliphatic rings. The van der Waals surface area contributed by atoms with Crippen LogP contribution in [0.2, 0.25) is 0 Å². The van der Waals surface area contributed by atoms with Crippen molar-refractivity contribution in [3.05, 3.63) is 81.1 Å². The first kappa shape index (κ1) is 31.0. The summed E-state index contributed by atoms with van der Waals surface area (Å²) in [4.78, 5) is 31.9. The summed E-state index contributed by atoms with van der Waals surface area (Å²) in [5.41, 5.74) is 1.49. The zero-order valence-corrected chi connectivity index (χ0v) is 23.0. The van der Waals surface area contributed by atoms with Crippen LogP contribution in [-0.2, 0) is 32.0 Å². The molecular formula is C28H34F2N4O6. The highest BCUT2D eigenvalue weighted by molar-refractivity contribution is 5.74. The lowest BCUT2D eigenvalue weighted by molar-refractivity contribution is -0.143. The van der Waals surface area contributed by atoms with Gasteiger partial charge in [0.05, 0.1) is 47.6 Å². The van der Waals surface area contributed by atoms with Crippen LogP contribution in [0.15, 0.2) is 58.4 Å². The predicted octanol–water partition coefficient (Wildman–Crippen LogP) is 3.87. The van der Waals surface area contributed by atoms with Gasteiger partial charge in [-0.25, -0.2) is 8.78 Å². The fraction of sp³-hybridized carbons (Fsp3) is 0.429. The molecule has 12 heteroatoms. The van der Waals surface area contributed by atoms with Crippen molar-refractivity contribution in [2.45, 2.75) is 53.4 Å². The van der Waals surface area contributed by atoms with Crippen LogP contribution < -0.4 is 11.1 Å². The van der Waals surface area contributed by atoms with Crippen molar-refractivity contribution < 1.29 is 27.7 Å². The zero-order valence-electron chi connectivity index (χ0n) is 23.0. The molecule has 0 spiro atoms. The molecule has 0 atom stereocenters. The van der Waals surface area contributed by atoms with Crippen LogP contribution in [0.5, 0.6) is 0 Å². The van der Waals surface area contributed by atoms with Crippen molar-refractivity contribution in [1.29, 1.82) is 0 Å². The van der Waals surface area contributed by atoms with Crippen LogP contribution in [0.4, 0.5) is 8.78 Å². The van der Waals surface area contributed by atoms with E-state index in [9.17, 15) is 18.4 Å². The molecule has 4 aromatic heterocycles. The van der Waals surface area contributed by atoms with Crippen LogP contribution in [0.3, 0.4) is 0 Å². The van der Waals surface area contributed by atoms with Gasteiger partial charge in [-0.1, -0.05) is 0 Å². The Hall–Kier alpha value is -3.58. The summed E-state index contributed by atoms with van der Waals surface area (Å²) >= 11 is 0. The fourth-order valence-electron chi connectivity index (χ4n) is 4.01. The molecule has 4 rings (SSSR count). The van der Waals surface area contributed by atoms with E-state index < -0.39 is 24.2 Å². The average molecular weight is 561 g/mol. The lowest BCUT2D eigenvalue weighted by atomic mass is 10.3. The number of pyridine rings is 4. The molecule has 0 aliphatic carbocycles. The normalized spacial score (nSPS) is 11.4. The second-order valence-corrected chi connectivity index (χ2v) is 8.36. The molecule has 4 aromatic rings. The summed E-state index contributed by atoms with van der Waals surface area (Å²) in [5.74, 6) is -0.970. The van der Waals surface area contributed by atoms with Crippen molar-refractivity contribution in [3.8, 4) is 0 Å². The Morgan fingerprint density at radius 1 is 0.650 bits per heavy atom. The van der Waals surface area contributed by atoms with Crippen LogP contribution in [0.25, 0.3) is 22.1 Å². The third kappa shape index (κ3) is 8.21. The van der Waals surface area contributed by atoms with Crippen molar-refractivity contribution in [3.63, 3.8) is 0 Å². The highest BCUT2D eigenvalue weighted by Crippen LogP contribution is 2.13. The first-order valence-corrected chi connectivity index (χ1v) is 13.1. The highest BCUT2D eigenvalue weighted by Gasteiger charge is 2.14. The third-order valence-corrected chi connectivity index (χ3v) is 5.68. The van der Waals surface area contributed by atoms with Gasteiger partial charge >= 0.3 is 0 Å². The lowest BCUT2D eigenvalue weighted by Crippen LogP contribution is -2.30. The van der Waals surface area contributed by atoms with Crippen molar-refractivity contribution in [2.24, 2.45) is 0 Å². The molecule has 10 nitrogen and oxygen atoms in total. The maximum atomic E-state index is 13.3. The largest absolute Gasteiger partial charge is 0.351 e. The molecule has 216 valence electrons. The summed E-state index contributed by atoms with van der Waals surface area (Å²) in [6.07, 6.45) is 1.16. The Kier molecular flexibility index (Phi) is 11.8. The van der Waals surface area contributed by atoms with E-state index in [0.29, 0.717) is 48.5 Å². The molecular weight excluding hydrogens is 526 g/mol. The summed E-state index contributed by atoms with van der Waals surface area (Å²) in [7, 11) is 0. The van der Waals surface area contributed by atoms with Gasteiger partial charge < -0.3 is 28.1 Å². The van der Waals surface area contributed by atoms with Crippen LogP contribution >= 0.6 is 0 Å². The van der Waals surface area contributed by atoms with Gasteiger partial charge in [0, 0.05) is 50.7 Å². The molecule has 0 radical (unpaired) electrons. The SMILES string of the molecule is CCOC(Cn1c(=O)ccc2ncc(F)cc21)OCC.CCOC(Cn1c(=O)ccc2ncc(F)cc21)OCC. The molecule has 0 N–H and O–H groups in total. The van der Waals surface area contributed by atoms with Gasteiger partial charge in [-0.15, -0.1) is 0 Å². The van der Waals surface area contributed by atoms with Gasteiger partial charge in [0.1, 0.15) is 11.6 Å². The van der Waals surface area contributed by atoms with E-state index in [-0.39, 0.29) is 24.2 Å². The van der Waals surface area contributed by atoms with Gasteiger partial charge in [0.2, 0.25) is 0 Å². The fourth-order valence-corrected chi connectivity index (χ4v) is 4.01. The second-order valence-electron chi connectivity index (χ2n) is 8.36. The standard InChI is InChI=1S/2C14H17FN2O3/c2*1-3-19-14(20-4-2)9-17-12-7-10(15)8-16-11(12)5-6-13(17)18/h2*5-8,14H,3-4,9H2,1-2H3. The predicted molar refractivity (Wildman–Crippen MR) is 146 cm³/mol. The summed E-state index contributed by atoms with van der Waals surface area (Å²) in [6.45, 7) is 9.66. The summed E-state index contributed by atoms with van der Waals surface area (Å²) in [6, 6.07) is 8.54. The molecule has 0 unspecified atom stereocenters. The monoisotopic (exact) mass is 560 g/mol. The molecule has 0 bridgehead atoms. The average Bonchev–Trinajstić information content (AvgIpc) is 2.93. The van der Waals surface area contributed by atoms with Crippen LogP contribution in [0.1, 0.15) is 27.7 Å². The maximum Gasteiger partial charge on any atom is 0.251 e. The molecule has 0 aromatic carbocycles. The Morgan fingerprint density at radius 3 is 1.32 bits per heavy atom. The minimum absolute atomic E-state index is 0.197. The van der Waals surface area contributed by atoms with E-state index in [1.54, 1.807) is 12.1 Å². The maximum absolute atomic E-state index is 13.3. The zero-order chi connectivity index (χ0) is 29.1. The summed E-state index contributed by atoms with van der Waals surface area (Å²) < 4.78 is 51.2. The molecule has 0 aliphatic heterocycles. The molecule has 0 saturated carbocycles. The molecule has 0 fully saturated rings. The second kappa shape index (κ2) is 15.3. The minimum Gasteiger partial charge on any atom is -0.351 e.